The molecule has 0 atom stereocenters. The van der Waals surface area contributed by atoms with Crippen LogP contribution in [0.5, 0.6) is 0 Å². The summed E-state index contributed by atoms with van der Waals surface area (Å²) < 4.78 is 4.82. The fraction of sp³-hybridized carbons (Fsp3) is 0.333. The first-order valence-corrected chi connectivity index (χ1v) is 9.18. The van der Waals surface area contributed by atoms with Crippen molar-refractivity contribution in [1.82, 2.24) is 4.90 Å². The van der Waals surface area contributed by atoms with Gasteiger partial charge in [-0.3, -0.25) is 4.79 Å². The lowest BCUT2D eigenvalue weighted by atomic mass is 10.1. The van der Waals surface area contributed by atoms with Crippen LogP contribution in [0.15, 0.2) is 48.5 Å². The number of ether oxygens (including phenoxy) is 1. The molecule has 0 aliphatic carbocycles. The maximum Gasteiger partial charge on any atom is 0.337 e. The third-order valence-corrected chi connectivity index (χ3v) is 4.86. The van der Waals surface area contributed by atoms with Crippen molar-refractivity contribution in [2.45, 2.75) is 6.92 Å². The Morgan fingerprint density at radius 2 is 1.70 bits per heavy atom. The number of methoxy groups -OCH3 is 1. The molecule has 1 aliphatic heterocycles. The van der Waals surface area contributed by atoms with Gasteiger partial charge in [-0.1, -0.05) is 25.1 Å². The highest BCUT2D eigenvalue weighted by Crippen LogP contribution is 2.29. The van der Waals surface area contributed by atoms with Gasteiger partial charge in [0.2, 0.25) is 0 Å². The number of piperazine rings is 1. The lowest BCUT2D eigenvalue weighted by Gasteiger charge is -2.36. The molecule has 27 heavy (non-hydrogen) atoms. The van der Waals surface area contributed by atoms with Gasteiger partial charge in [0, 0.05) is 31.7 Å². The van der Waals surface area contributed by atoms with Crippen LogP contribution in [0.1, 0.15) is 27.6 Å². The molecule has 0 radical (unpaired) electrons. The first-order chi connectivity index (χ1) is 13.1. The zero-order valence-corrected chi connectivity index (χ0v) is 15.8. The van der Waals surface area contributed by atoms with Crippen molar-refractivity contribution in [2.24, 2.45) is 0 Å². The summed E-state index contributed by atoms with van der Waals surface area (Å²) in [5.41, 5.74) is 2.53. The van der Waals surface area contributed by atoms with Crippen LogP contribution < -0.4 is 10.2 Å². The number of hydrogen-bond acceptors (Lipinski definition) is 5. The first kappa shape index (κ1) is 18.9. The second kappa shape index (κ2) is 8.68. The van der Waals surface area contributed by atoms with Gasteiger partial charge in [-0.15, -0.1) is 0 Å². The van der Waals surface area contributed by atoms with Crippen LogP contribution in [0.4, 0.5) is 11.4 Å². The number of amides is 1. The van der Waals surface area contributed by atoms with Gasteiger partial charge in [0.15, 0.2) is 0 Å². The molecule has 142 valence electrons. The number of anilines is 2. The molecule has 2 aromatic carbocycles. The van der Waals surface area contributed by atoms with Crippen LogP contribution in [0.2, 0.25) is 0 Å². The normalized spacial score (nSPS) is 14.7. The number of esters is 1. The fourth-order valence-corrected chi connectivity index (χ4v) is 3.25. The summed E-state index contributed by atoms with van der Waals surface area (Å²) in [6, 6.07) is 14.4. The van der Waals surface area contributed by atoms with Crippen molar-refractivity contribution in [1.29, 1.82) is 0 Å². The quantitative estimate of drug-likeness (QED) is 0.824. The molecule has 1 aliphatic rings. The molecule has 0 saturated carbocycles. The van der Waals surface area contributed by atoms with E-state index in [9.17, 15) is 9.59 Å². The second-order valence-corrected chi connectivity index (χ2v) is 6.46. The van der Waals surface area contributed by atoms with E-state index in [1.165, 1.54) is 7.11 Å². The van der Waals surface area contributed by atoms with E-state index in [-0.39, 0.29) is 5.91 Å². The van der Waals surface area contributed by atoms with E-state index in [0.29, 0.717) is 16.8 Å². The molecule has 3 rings (SSSR count). The zero-order chi connectivity index (χ0) is 19.2. The molecule has 2 aromatic rings. The molecule has 0 unspecified atom stereocenters. The Balaban J connectivity index is 1.88. The van der Waals surface area contributed by atoms with Crippen molar-refractivity contribution in [3.05, 3.63) is 59.7 Å². The first-order valence-electron chi connectivity index (χ1n) is 9.18. The predicted octanol–water partition coefficient (Wildman–Crippen LogP) is 2.87. The number of nitrogens with one attached hydrogen (secondary N) is 1. The standard InChI is InChI=1S/C21H25N3O3/c1-3-23-11-13-24(14-12-23)19-10-9-17(21(26)27-2)15-18(19)22-20(25)16-7-5-4-6-8-16/h4-10,15H,3,11-14H2,1-2H3,(H,22,25). The third kappa shape index (κ3) is 4.46. The van der Waals surface area contributed by atoms with Gasteiger partial charge in [-0.2, -0.15) is 0 Å². The molecule has 1 amide bonds. The predicted molar refractivity (Wildman–Crippen MR) is 107 cm³/mol. The van der Waals surface area contributed by atoms with Crippen LogP contribution in [0.25, 0.3) is 0 Å². The Kier molecular flexibility index (Phi) is 6.08. The van der Waals surface area contributed by atoms with Crippen molar-refractivity contribution in [3.8, 4) is 0 Å². The van der Waals surface area contributed by atoms with E-state index in [0.717, 1.165) is 38.4 Å². The zero-order valence-electron chi connectivity index (χ0n) is 15.8. The van der Waals surface area contributed by atoms with Crippen LogP contribution in [0.3, 0.4) is 0 Å². The lowest BCUT2D eigenvalue weighted by Crippen LogP contribution is -2.46. The number of rotatable bonds is 5. The number of benzene rings is 2. The topological polar surface area (TPSA) is 61.9 Å². The number of carbonyl (C=O) groups excluding carboxylic acids is 2. The number of hydrogen-bond donors (Lipinski definition) is 1. The Hall–Kier alpha value is -2.86. The Labute approximate surface area is 159 Å². The van der Waals surface area contributed by atoms with Crippen LogP contribution in [-0.4, -0.2) is 56.6 Å². The molecule has 1 N–H and O–H groups in total. The summed E-state index contributed by atoms with van der Waals surface area (Å²) in [6.45, 7) is 6.89. The van der Waals surface area contributed by atoms with Gasteiger partial charge in [-0.25, -0.2) is 4.79 Å². The molecule has 0 aromatic heterocycles. The molecule has 1 saturated heterocycles. The average molecular weight is 367 g/mol. The molecular formula is C21H25N3O3. The van der Waals surface area contributed by atoms with Gasteiger partial charge < -0.3 is 19.9 Å². The number of nitrogens with zero attached hydrogens (tertiary/aromatic N) is 2. The van der Waals surface area contributed by atoms with E-state index < -0.39 is 5.97 Å². The summed E-state index contributed by atoms with van der Waals surface area (Å²) in [5.74, 6) is -0.626. The van der Waals surface area contributed by atoms with Gasteiger partial charge in [0.1, 0.15) is 0 Å². The number of carbonyl (C=O) groups is 2. The summed E-state index contributed by atoms with van der Waals surface area (Å²) >= 11 is 0. The smallest absolute Gasteiger partial charge is 0.337 e. The van der Waals surface area contributed by atoms with E-state index in [4.69, 9.17) is 4.74 Å². The molecule has 6 nitrogen and oxygen atoms in total. The van der Waals surface area contributed by atoms with E-state index in [2.05, 4.69) is 22.0 Å². The maximum absolute atomic E-state index is 12.6. The summed E-state index contributed by atoms with van der Waals surface area (Å²) in [5, 5.41) is 2.97. The SMILES string of the molecule is CCN1CCN(c2ccc(C(=O)OC)cc2NC(=O)c2ccccc2)CC1. The maximum atomic E-state index is 12.6. The fourth-order valence-electron chi connectivity index (χ4n) is 3.25. The molecule has 6 heteroatoms. The molecule has 0 spiro atoms. The van der Waals surface area contributed by atoms with Crippen LogP contribution >= 0.6 is 0 Å². The molecule has 0 bridgehead atoms. The van der Waals surface area contributed by atoms with Crippen LogP contribution in [-0.2, 0) is 4.74 Å². The van der Waals surface area contributed by atoms with Gasteiger partial charge in [0.05, 0.1) is 24.0 Å². The lowest BCUT2D eigenvalue weighted by molar-refractivity contribution is 0.0600. The second-order valence-electron chi connectivity index (χ2n) is 6.46. The van der Waals surface area contributed by atoms with E-state index in [1.807, 2.05) is 24.3 Å². The third-order valence-electron chi connectivity index (χ3n) is 4.86. The minimum absolute atomic E-state index is 0.203. The summed E-state index contributed by atoms with van der Waals surface area (Å²) in [7, 11) is 1.35. The van der Waals surface area contributed by atoms with Crippen molar-refractivity contribution in [2.75, 3.05) is 50.1 Å². The molecular weight excluding hydrogens is 342 g/mol. The average Bonchev–Trinajstić information content (AvgIpc) is 2.73. The molecule has 1 fully saturated rings. The highest BCUT2D eigenvalue weighted by Gasteiger charge is 2.21. The van der Waals surface area contributed by atoms with E-state index in [1.54, 1.807) is 24.3 Å². The summed E-state index contributed by atoms with van der Waals surface area (Å²) in [6.07, 6.45) is 0. The summed E-state index contributed by atoms with van der Waals surface area (Å²) in [4.78, 5) is 29.2. The minimum Gasteiger partial charge on any atom is -0.465 e. The van der Waals surface area contributed by atoms with Crippen molar-refractivity contribution >= 4 is 23.3 Å². The Morgan fingerprint density at radius 1 is 1.00 bits per heavy atom. The number of likely N-dealkylation sites (N-methyl/N-ethyl adjacent to an activating group) is 1. The Morgan fingerprint density at radius 3 is 2.33 bits per heavy atom. The van der Waals surface area contributed by atoms with Crippen molar-refractivity contribution < 1.29 is 14.3 Å². The Bertz CT molecular complexity index is 800. The minimum atomic E-state index is -0.424. The van der Waals surface area contributed by atoms with Crippen LogP contribution in [0, 0.1) is 0 Å². The van der Waals surface area contributed by atoms with Gasteiger partial charge in [0.25, 0.3) is 5.91 Å². The highest BCUT2D eigenvalue weighted by atomic mass is 16.5. The van der Waals surface area contributed by atoms with Gasteiger partial charge in [-0.05, 0) is 36.9 Å². The highest BCUT2D eigenvalue weighted by molar-refractivity contribution is 6.06. The largest absolute Gasteiger partial charge is 0.465 e. The van der Waals surface area contributed by atoms with E-state index >= 15 is 0 Å². The molecule has 1 heterocycles. The monoisotopic (exact) mass is 367 g/mol. The van der Waals surface area contributed by atoms with Crippen molar-refractivity contribution in [3.63, 3.8) is 0 Å². The van der Waals surface area contributed by atoms with Gasteiger partial charge >= 0.3 is 5.97 Å².